The normalized spacial score (nSPS) is 21.9. The van der Waals surface area contributed by atoms with Crippen molar-refractivity contribution in [3.8, 4) is 0 Å². The van der Waals surface area contributed by atoms with E-state index in [4.69, 9.17) is 0 Å². The summed E-state index contributed by atoms with van der Waals surface area (Å²) in [7, 11) is 1.96. The number of nitrogens with one attached hydrogen (secondary N) is 1. The summed E-state index contributed by atoms with van der Waals surface area (Å²) in [5, 5.41) is 3.23. The van der Waals surface area contributed by atoms with Crippen molar-refractivity contribution >= 4 is 5.91 Å². The average molecular weight is 196 g/mol. The molecule has 1 amide bonds. The number of nitrogens with zero attached hydrogens (tertiary/aromatic N) is 1. The molecule has 0 saturated carbocycles. The van der Waals surface area contributed by atoms with E-state index in [1.807, 2.05) is 25.8 Å². The molecule has 1 atom stereocenters. The average Bonchev–Trinajstić information content (AvgIpc) is 2.17. The van der Waals surface area contributed by atoms with Crippen LogP contribution in [0.4, 0.5) is 0 Å². The molecule has 0 bridgehead atoms. The summed E-state index contributed by atoms with van der Waals surface area (Å²) in [5.74, 6) is 0.157. The van der Waals surface area contributed by atoms with Crippen LogP contribution in [-0.4, -0.2) is 37.0 Å². The van der Waals surface area contributed by atoms with Crippen LogP contribution in [0.1, 0.15) is 26.7 Å². The summed E-state index contributed by atoms with van der Waals surface area (Å²) in [5.41, 5.74) is 1.07. The molecule has 0 spiro atoms. The third-order valence-electron chi connectivity index (χ3n) is 2.55. The second-order valence-electron chi connectivity index (χ2n) is 4.13. The van der Waals surface area contributed by atoms with Gasteiger partial charge < -0.3 is 10.2 Å². The van der Waals surface area contributed by atoms with Gasteiger partial charge in [-0.2, -0.15) is 0 Å². The fraction of sp³-hybridized carbons (Fsp3) is 0.727. The Hall–Kier alpha value is -0.830. The Morgan fingerprint density at radius 3 is 2.79 bits per heavy atom. The monoisotopic (exact) mass is 196 g/mol. The Bertz CT molecular complexity index is 231. The van der Waals surface area contributed by atoms with E-state index in [2.05, 4.69) is 5.32 Å². The van der Waals surface area contributed by atoms with Gasteiger partial charge in [-0.15, -0.1) is 0 Å². The molecule has 1 rings (SSSR count). The van der Waals surface area contributed by atoms with Crippen molar-refractivity contribution in [2.45, 2.75) is 32.7 Å². The van der Waals surface area contributed by atoms with Crippen LogP contribution < -0.4 is 5.32 Å². The first-order valence-electron chi connectivity index (χ1n) is 5.24. The summed E-state index contributed by atoms with van der Waals surface area (Å²) in [6.07, 6.45) is 4.00. The molecule has 1 aliphatic heterocycles. The zero-order chi connectivity index (χ0) is 10.6. The maximum atomic E-state index is 11.7. The van der Waals surface area contributed by atoms with E-state index in [-0.39, 0.29) is 5.91 Å². The summed E-state index contributed by atoms with van der Waals surface area (Å²) in [6, 6.07) is 0.471. The third-order valence-corrected chi connectivity index (χ3v) is 2.55. The van der Waals surface area contributed by atoms with E-state index >= 15 is 0 Å². The van der Waals surface area contributed by atoms with Crippen molar-refractivity contribution in [3.05, 3.63) is 11.6 Å². The van der Waals surface area contributed by atoms with Crippen LogP contribution in [0.5, 0.6) is 0 Å². The first kappa shape index (κ1) is 11.2. The van der Waals surface area contributed by atoms with Crippen LogP contribution in [0.2, 0.25) is 0 Å². The lowest BCUT2D eigenvalue weighted by atomic mass is 10.1. The van der Waals surface area contributed by atoms with Crippen LogP contribution >= 0.6 is 0 Å². The number of carbonyl (C=O) groups excluding carboxylic acids is 1. The molecule has 0 aromatic carbocycles. The van der Waals surface area contributed by atoms with Gasteiger partial charge in [0.2, 0.25) is 5.91 Å². The number of rotatable bonds is 2. The minimum absolute atomic E-state index is 0.157. The second kappa shape index (κ2) is 5.15. The number of allylic oxidation sites excluding steroid dienone is 1. The quantitative estimate of drug-likeness (QED) is 0.672. The van der Waals surface area contributed by atoms with Crippen molar-refractivity contribution in [1.82, 2.24) is 10.2 Å². The highest BCUT2D eigenvalue weighted by atomic mass is 16.2. The molecule has 0 radical (unpaired) electrons. The maximum Gasteiger partial charge on any atom is 0.246 e. The lowest BCUT2D eigenvalue weighted by Crippen LogP contribution is -2.46. The Kier molecular flexibility index (Phi) is 4.14. The van der Waals surface area contributed by atoms with E-state index in [0.717, 1.165) is 25.1 Å². The molecule has 0 aromatic rings. The second-order valence-corrected chi connectivity index (χ2v) is 4.13. The highest BCUT2D eigenvalue weighted by molar-refractivity contribution is 5.88. The minimum Gasteiger partial charge on any atom is -0.338 e. The molecule has 1 unspecified atom stereocenters. The zero-order valence-electron chi connectivity index (χ0n) is 9.34. The summed E-state index contributed by atoms with van der Waals surface area (Å²) in [4.78, 5) is 13.6. The van der Waals surface area contributed by atoms with E-state index in [0.29, 0.717) is 6.04 Å². The number of likely N-dealkylation sites (N-methyl/N-ethyl adjacent to an activating group) is 1. The van der Waals surface area contributed by atoms with Crippen molar-refractivity contribution in [3.63, 3.8) is 0 Å². The molecule has 1 fully saturated rings. The Balaban J connectivity index is 2.51. The Morgan fingerprint density at radius 1 is 1.50 bits per heavy atom. The van der Waals surface area contributed by atoms with Gasteiger partial charge in [-0.05, 0) is 33.7 Å². The number of likely N-dealkylation sites (tertiary alicyclic amines) is 1. The largest absolute Gasteiger partial charge is 0.338 e. The Labute approximate surface area is 86.2 Å². The van der Waals surface area contributed by atoms with Crippen molar-refractivity contribution < 1.29 is 4.79 Å². The molecule has 14 heavy (non-hydrogen) atoms. The van der Waals surface area contributed by atoms with Crippen molar-refractivity contribution in [1.29, 1.82) is 0 Å². The van der Waals surface area contributed by atoms with Crippen LogP contribution in [0.15, 0.2) is 11.6 Å². The summed E-state index contributed by atoms with van der Waals surface area (Å²) < 4.78 is 0. The topological polar surface area (TPSA) is 32.3 Å². The van der Waals surface area contributed by atoms with Gasteiger partial charge in [0.1, 0.15) is 0 Å². The molecule has 1 N–H and O–H groups in total. The van der Waals surface area contributed by atoms with E-state index < -0.39 is 0 Å². The maximum absolute atomic E-state index is 11.7. The number of piperidine rings is 1. The van der Waals surface area contributed by atoms with Crippen LogP contribution in [0.25, 0.3) is 0 Å². The molecule has 3 heteroatoms. The number of amides is 1. The number of hydrogen-bond donors (Lipinski definition) is 1. The van der Waals surface area contributed by atoms with Gasteiger partial charge in [0.15, 0.2) is 0 Å². The van der Waals surface area contributed by atoms with Gasteiger partial charge in [-0.1, -0.05) is 5.57 Å². The van der Waals surface area contributed by atoms with Gasteiger partial charge in [-0.25, -0.2) is 0 Å². The van der Waals surface area contributed by atoms with Gasteiger partial charge >= 0.3 is 0 Å². The van der Waals surface area contributed by atoms with E-state index in [1.165, 1.54) is 6.42 Å². The first-order valence-corrected chi connectivity index (χ1v) is 5.24. The summed E-state index contributed by atoms with van der Waals surface area (Å²) >= 11 is 0. The number of hydrogen-bond acceptors (Lipinski definition) is 2. The van der Waals surface area contributed by atoms with Crippen LogP contribution in [0.3, 0.4) is 0 Å². The third kappa shape index (κ3) is 3.14. The fourth-order valence-electron chi connectivity index (χ4n) is 1.75. The highest BCUT2D eigenvalue weighted by Crippen LogP contribution is 2.10. The lowest BCUT2D eigenvalue weighted by Gasteiger charge is -2.31. The molecule has 0 aromatic heterocycles. The predicted octanol–water partition coefficient (Wildman–Crippen LogP) is 1.16. The van der Waals surface area contributed by atoms with Crippen LogP contribution in [0, 0.1) is 0 Å². The van der Waals surface area contributed by atoms with Crippen LogP contribution in [-0.2, 0) is 4.79 Å². The van der Waals surface area contributed by atoms with Crippen molar-refractivity contribution in [2.75, 3.05) is 20.1 Å². The molecule has 3 nitrogen and oxygen atoms in total. The lowest BCUT2D eigenvalue weighted by molar-refractivity contribution is -0.127. The van der Waals surface area contributed by atoms with Gasteiger partial charge in [0, 0.05) is 25.2 Å². The molecule has 80 valence electrons. The van der Waals surface area contributed by atoms with Gasteiger partial charge in [0.05, 0.1) is 0 Å². The molecule has 1 saturated heterocycles. The zero-order valence-corrected chi connectivity index (χ0v) is 9.34. The summed E-state index contributed by atoms with van der Waals surface area (Å²) in [6.45, 7) is 5.66. The van der Waals surface area contributed by atoms with E-state index in [9.17, 15) is 4.79 Å². The SMILES string of the molecule is CNC1CCCN(C(=O)C=C(C)C)C1. The molecule has 1 aliphatic rings. The van der Waals surface area contributed by atoms with E-state index in [1.54, 1.807) is 6.08 Å². The van der Waals surface area contributed by atoms with Crippen molar-refractivity contribution in [2.24, 2.45) is 0 Å². The standard InChI is InChI=1S/C11H20N2O/c1-9(2)7-11(14)13-6-4-5-10(8-13)12-3/h7,10,12H,4-6,8H2,1-3H3. The van der Waals surface area contributed by atoms with Gasteiger partial charge in [0.25, 0.3) is 0 Å². The first-order chi connectivity index (χ1) is 6.63. The fourth-order valence-corrected chi connectivity index (χ4v) is 1.75. The minimum atomic E-state index is 0.157. The molecular formula is C11H20N2O. The predicted molar refractivity (Wildman–Crippen MR) is 58.1 cm³/mol. The smallest absolute Gasteiger partial charge is 0.246 e. The molecule has 0 aliphatic carbocycles. The highest BCUT2D eigenvalue weighted by Gasteiger charge is 2.20. The van der Waals surface area contributed by atoms with Gasteiger partial charge in [-0.3, -0.25) is 4.79 Å². The molecule has 1 heterocycles. The molecular weight excluding hydrogens is 176 g/mol. The number of carbonyl (C=O) groups is 1. The Morgan fingerprint density at radius 2 is 2.21 bits per heavy atom.